The van der Waals surface area contributed by atoms with E-state index in [2.05, 4.69) is 119 Å². The summed E-state index contributed by atoms with van der Waals surface area (Å²) in [4.78, 5) is 0. The predicted octanol–water partition coefficient (Wildman–Crippen LogP) is 7.63. The van der Waals surface area contributed by atoms with Crippen LogP contribution in [0.4, 0.5) is 0 Å². The summed E-state index contributed by atoms with van der Waals surface area (Å²) < 4.78 is 0. The minimum atomic E-state index is 0.300. The van der Waals surface area contributed by atoms with Gasteiger partial charge in [-0.3, -0.25) is 0 Å². The van der Waals surface area contributed by atoms with Crippen molar-refractivity contribution in [3.8, 4) is 0 Å². The van der Waals surface area contributed by atoms with E-state index in [1.165, 1.54) is 39.0 Å². The summed E-state index contributed by atoms with van der Waals surface area (Å²) in [5.74, 6) is 0.300. The maximum absolute atomic E-state index is 5.87. The van der Waals surface area contributed by atoms with E-state index in [9.17, 15) is 0 Å². The van der Waals surface area contributed by atoms with Crippen molar-refractivity contribution in [1.29, 1.82) is 0 Å². The predicted molar refractivity (Wildman–Crippen MR) is 134 cm³/mol. The molecule has 0 aliphatic heterocycles. The van der Waals surface area contributed by atoms with E-state index >= 15 is 0 Å². The molecule has 1 aliphatic rings. The molecule has 2 radical (unpaired) electrons. The second-order valence-corrected chi connectivity index (χ2v) is 8.10. The first-order valence-electron chi connectivity index (χ1n) is 10.4. The number of allylic oxidation sites excluding steroid dienone is 5. The maximum atomic E-state index is 5.87. The molecule has 0 N–H and O–H groups in total. The molecule has 0 bridgehead atoms. The fourth-order valence-corrected chi connectivity index (χ4v) is 4.41. The number of hydrogen-bond donors (Lipinski definition) is 0. The van der Waals surface area contributed by atoms with Gasteiger partial charge in [0, 0.05) is 11.2 Å². The van der Waals surface area contributed by atoms with Crippen LogP contribution in [0, 0.1) is 5.92 Å². The molecule has 0 saturated carbocycles. The average Bonchev–Trinajstić information content (AvgIpc) is 2.84. The number of benzene rings is 3. The summed E-state index contributed by atoms with van der Waals surface area (Å²) in [5, 5.41) is 0.862. The fraction of sp³-hybridized carbons (Fsp3) is 0.143. The van der Waals surface area contributed by atoms with Gasteiger partial charge in [0.15, 0.2) is 0 Å². The first-order chi connectivity index (χ1) is 14.8. The third-order valence-electron chi connectivity index (χ3n) is 5.60. The Hall–Kier alpha value is -2.58. The number of alkyl halides is 1. The van der Waals surface area contributed by atoms with E-state index < -0.39 is 0 Å². The lowest BCUT2D eigenvalue weighted by atomic mass is 9.78. The SMILES string of the molecule is [B]CC1=CCC(/C(=C(\c2ccccc2)c2ccc(CBr)cc2)c2ccccc2)C=C1. The van der Waals surface area contributed by atoms with Crippen molar-refractivity contribution in [2.24, 2.45) is 5.92 Å². The van der Waals surface area contributed by atoms with Crippen molar-refractivity contribution in [2.75, 3.05) is 0 Å². The molecule has 2 heteroatoms. The lowest BCUT2D eigenvalue weighted by molar-refractivity contribution is 0.835. The van der Waals surface area contributed by atoms with Crippen molar-refractivity contribution in [1.82, 2.24) is 0 Å². The van der Waals surface area contributed by atoms with Crippen LogP contribution in [-0.2, 0) is 5.33 Å². The Bertz CT molecular complexity index is 1060. The highest BCUT2D eigenvalue weighted by molar-refractivity contribution is 9.08. The van der Waals surface area contributed by atoms with Gasteiger partial charge in [0.05, 0.1) is 7.85 Å². The molecule has 1 atom stereocenters. The molecule has 0 fully saturated rings. The third kappa shape index (κ3) is 4.60. The molecule has 1 aliphatic carbocycles. The van der Waals surface area contributed by atoms with Crippen LogP contribution in [0.15, 0.2) is 109 Å². The van der Waals surface area contributed by atoms with Crippen molar-refractivity contribution in [2.45, 2.75) is 18.1 Å². The normalized spacial score (nSPS) is 16.7. The Balaban J connectivity index is 1.95. The highest BCUT2D eigenvalue weighted by Gasteiger charge is 2.21. The van der Waals surface area contributed by atoms with Gasteiger partial charge in [0.2, 0.25) is 0 Å². The van der Waals surface area contributed by atoms with Gasteiger partial charge in [-0.05, 0) is 39.8 Å². The molecule has 3 aromatic rings. The Labute approximate surface area is 189 Å². The van der Waals surface area contributed by atoms with Gasteiger partial charge in [-0.15, -0.1) is 0 Å². The van der Waals surface area contributed by atoms with E-state index in [0.29, 0.717) is 12.2 Å². The van der Waals surface area contributed by atoms with E-state index in [4.69, 9.17) is 7.85 Å². The smallest absolute Gasteiger partial charge is 0.0716 e. The molecule has 146 valence electrons. The largest absolute Gasteiger partial charge is 0.0876 e. The van der Waals surface area contributed by atoms with Crippen LogP contribution in [-0.4, -0.2) is 7.85 Å². The lowest BCUT2D eigenvalue weighted by Gasteiger charge is -2.25. The molecule has 30 heavy (non-hydrogen) atoms. The number of hydrogen-bond acceptors (Lipinski definition) is 0. The Kier molecular flexibility index (Phi) is 6.86. The molecule has 0 saturated heterocycles. The van der Waals surface area contributed by atoms with Crippen LogP contribution < -0.4 is 0 Å². The Morgan fingerprint density at radius 3 is 1.93 bits per heavy atom. The first kappa shape index (κ1) is 20.7. The molecule has 3 aromatic carbocycles. The standard InChI is InChI=1S/C28H24BBr/c29-19-21-11-15-25(16-12-21)27(23-7-3-1-4-8-23)28(24-9-5-2-6-10-24)26-17-13-22(20-30)14-18-26/h1-15,17-18,25H,16,19-20H2/b28-27+. The quantitative estimate of drug-likeness (QED) is 0.205. The van der Waals surface area contributed by atoms with Crippen molar-refractivity contribution < 1.29 is 0 Å². The van der Waals surface area contributed by atoms with Crippen molar-refractivity contribution in [3.63, 3.8) is 0 Å². The lowest BCUT2D eigenvalue weighted by Crippen LogP contribution is -2.07. The molecule has 0 spiro atoms. The summed E-state index contributed by atoms with van der Waals surface area (Å²) in [6, 6.07) is 30.4. The molecular formula is C28H24BBr. The number of rotatable bonds is 6. The topological polar surface area (TPSA) is 0 Å². The fourth-order valence-electron chi connectivity index (χ4n) is 4.03. The number of halogens is 1. The molecule has 4 rings (SSSR count). The van der Waals surface area contributed by atoms with Crippen LogP contribution in [0.2, 0.25) is 6.32 Å². The molecular weight excluding hydrogens is 427 g/mol. The van der Waals surface area contributed by atoms with E-state index in [1.807, 2.05) is 0 Å². The van der Waals surface area contributed by atoms with Crippen LogP contribution in [0.25, 0.3) is 11.1 Å². The summed E-state index contributed by atoms with van der Waals surface area (Å²) in [6.07, 6.45) is 8.34. The molecule has 0 amide bonds. The zero-order valence-corrected chi connectivity index (χ0v) is 18.6. The van der Waals surface area contributed by atoms with Crippen LogP contribution >= 0.6 is 15.9 Å². The summed E-state index contributed by atoms with van der Waals surface area (Å²) in [7, 11) is 5.87. The molecule has 1 unspecified atom stereocenters. The highest BCUT2D eigenvalue weighted by atomic mass is 79.9. The summed E-state index contributed by atoms with van der Waals surface area (Å²) in [6.45, 7) is 0. The van der Waals surface area contributed by atoms with Gasteiger partial charge in [-0.25, -0.2) is 0 Å². The molecule has 0 heterocycles. The van der Waals surface area contributed by atoms with Crippen molar-refractivity contribution in [3.05, 3.63) is 131 Å². The monoisotopic (exact) mass is 450 g/mol. The third-order valence-corrected chi connectivity index (χ3v) is 6.24. The summed E-state index contributed by atoms with van der Waals surface area (Å²) in [5.41, 5.74) is 8.89. The van der Waals surface area contributed by atoms with Gasteiger partial charge < -0.3 is 0 Å². The zero-order chi connectivity index (χ0) is 20.8. The summed E-state index contributed by atoms with van der Waals surface area (Å²) >= 11 is 3.57. The van der Waals surface area contributed by atoms with E-state index in [1.54, 1.807) is 0 Å². The molecule has 0 nitrogen and oxygen atoms in total. The van der Waals surface area contributed by atoms with Gasteiger partial charge in [0.1, 0.15) is 0 Å². The van der Waals surface area contributed by atoms with E-state index in [0.717, 1.165) is 11.8 Å². The van der Waals surface area contributed by atoms with Gasteiger partial charge >= 0.3 is 0 Å². The Morgan fingerprint density at radius 1 is 0.800 bits per heavy atom. The molecule has 0 aromatic heterocycles. The second-order valence-electron chi connectivity index (χ2n) is 7.54. The average molecular weight is 451 g/mol. The van der Waals surface area contributed by atoms with Crippen molar-refractivity contribution >= 4 is 34.9 Å². The maximum Gasteiger partial charge on any atom is 0.0716 e. The minimum Gasteiger partial charge on any atom is -0.0876 e. The second kappa shape index (κ2) is 9.95. The zero-order valence-electron chi connectivity index (χ0n) is 17.0. The van der Waals surface area contributed by atoms with E-state index in [-0.39, 0.29) is 0 Å². The van der Waals surface area contributed by atoms with Crippen LogP contribution in [0.5, 0.6) is 0 Å². The van der Waals surface area contributed by atoms with Crippen LogP contribution in [0.3, 0.4) is 0 Å². The minimum absolute atomic E-state index is 0.300. The Morgan fingerprint density at radius 2 is 1.40 bits per heavy atom. The van der Waals surface area contributed by atoms with Crippen LogP contribution in [0.1, 0.15) is 28.7 Å². The van der Waals surface area contributed by atoms with Gasteiger partial charge in [0.25, 0.3) is 0 Å². The van der Waals surface area contributed by atoms with Gasteiger partial charge in [-0.2, -0.15) is 0 Å². The first-order valence-corrected chi connectivity index (χ1v) is 11.5. The highest BCUT2D eigenvalue weighted by Crippen LogP contribution is 2.40. The van der Waals surface area contributed by atoms with Gasteiger partial charge in [-0.1, -0.05) is 131 Å².